The lowest BCUT2D eigenvalue weighted by atomic mass is 10.1. The van der Waals surface area contributed by atoms with Gasteiger partial charge in [-0.1, -0.05) is 6.92 Å². The van der Waals surface area contributed by atoms with E-state index in [4.69, 9.17) is 9.47 Å². The number of nitrogens with one attached hydrogen (secondary N) is 2. The third kappa shape index (κ3) is 5.20. The Bertz CT molecular complexity index is 933. The Hall–Kier alpha value is -3.20. The van der Waals surface area contributed by atoms with Crippen molar-refractivity contribution in [1.29, 1.82) is 0 Å². The number of thiophene rings is 1. The summed E-state index contributed by atoms with van der Waals surface area (Å²) in [6.45, 7) is 5.29. The van der Waals surface area contributed by atoms with Crippen LogP contribution >= 0.6 is 11.3 Å². The molecule has 2 aromatic rings. The van der Waals surface area contributed by atoms with Gasteiger partial charge in [-0.05, 0) is 43.7 Å². The van der Waals surface area contributed by atoms with Gasteiger partial charge in [-0.3, -0.25) is 9.59 Å². The Morgan fingerprint density at radius 2 is 1.66 bits per heavy atom. The van der Waals surface area contributed by atoms with E-state index in [9.17, 15) is 19.2 Å². The van der Waals surface area contributed by atoms with Gasteiger partial charge in [-0.25, -0.2) is 9.59 Å². The fraction of sp³-hybridized carbons (Fsp3) is 0.300. The van der Waals surface area contributed by atoms with Gasteiger partial charge in [-0.2, -0.15) is 0 Å². The molecule has 8 nitrogen and oxygen atoms in total. The zero-order valence-electron chi connectivity index (χ0n) is 16.6. The molecule has 1 aromatic carbocycles. The van der Waals surface area contributed by atoms with Crippen LogP contribution in [0.4, 0.5) is 10.7 Å². The van der Waals surface area contributed by atoms with Crippen molar-refractivity contribution in [3.05, 3.63) is 45.8 Å². The maximum absolute atomic E-state index is 12.7. The molecule has 2 amide bonds. The van der Waals surface area contributed by atoms with Crippen LogP contribution in [0.25, 0.3) is 0 Å². The number of hydrogen-bond donors (Lipinski definition) is 2. The maximum atomic E-state index is 12.7. The summed E-state index contributed by atoms with van der Waals surface area (Å²) >= 11 is 0.997. The van der Waals surface area contributed by atoms with Crippen molar-refractivity contribution in [2.24, 2.45) is 0 Å². The molecule has 0 fully saturated rings. The van der Waals surface area contributed by atoms with E-state index >= 15 is 0 Å². The van der Waals surface area contributed by atoms with Crippen molar-refractivity contribution in [2.45, 2.75) is 27.2 Å². The van der Waals surface area contributed by atoms with Gasteiger partial charge in [0, 0.05) is 12.1 Å². The maximum Gasteiger partial charge on any atom is 0.341 e. The Morgan fingerprint density at radius 3 is 2.21 bits per heavy atom. The summed E-state index contributed by atoms with van der Waals surface area (Å²) in [5, 5.41) is 5.62. The SMILES string of the molecule is CCOC(=O)c1ccc(NC(=O)c2sc(NC(=O)CC)c(C(=O)OC)c2C)cc1. The summed E-state index contributed by atoms with van der Waals surface area (Å²) in [4.78, 5) is 48.6. The first-order valence-electron chi connectivity index (χ1n) is 8.92. The predicted octanol–water partition coefficient (Wildman–Crippen LogP) is 3.62. The van der Waals surface area contributed by atoms with Gasteiger partial charge in [0.15, 0.2) is 0 Å². The summed E-state index contributed by atoms with van der Waals surface area (Å²) in [6, 6.07) is 6.24. The third-order valence-corrected chi connectivity index (χ3v) is 5.18. The number of rotatable bonds is 7. The average Bonchev–Trinajstić information content (AvgIpc) is 3.03. The number of amides is 2. The van der Waals surface area contributed by atoms with E-state index in [1.807, 2.05) is 0 Å². The molecule has 0 saturated heterocycles. The van der Waals surface area contributed by atoms with E-state index in [0.717, 1.165) is 11.3 Å². The molecule has 0 spiro atoms. The molecule has 1 aromatic heterocycles. The topological polar surface area (TPSA) is 111 Å². The number of benzene rings is 1. The molecule has 0 aliphatic heterocycles. The minimum Gasteiger partial charge on any atom is -0.465 e. The van der Waals surface area contributed by atoms with Gasteiger partial charge in [0.1, 0.15) is 5.00 Å². The molecule has 0 unspecified atom stereocenters. The second kappa shape index (κ2) is 9.83. The normalized spacial score (nSPS) is 10.2. The zero-order chi connectivity index (χ0) is 21.6. The lowest BCUT2D eigenvalue weighted by Crippen LogP contribution is -2.13. The molecule has 0 aliphatic carbocycles. The molecule has 29 heavy (non-hydrogen) atoms. The fourth-order valence-electron chi connectivity index (χ4n) is 2.47. The van der Waals surface area contributed by atoms with E-state index in [1.54, 1.807) is 45.0 Å². The highest BCUT2D eigenvalue weighted by atomic mass is 32.1. The molecule has 154 valence electrons. The van der Waals surface area contributed by atoms with Crippen molar-refractivity contribution < 1.29 is 28.7 Å². The van der Waals surface area contributed by atoms with Crippen LogP contribution in [0.1, 0.15) is 56.2 Å². The van der Waals surface area contributed by atoms with Crippen molar-refractivity contribution in [3.63, 3.8) is 0 Å². The molecule has 0 saturated carbocycles. The molecule has 2 N–H and O–H groups in total. The zero-order valence-corrected chi connectivity index (χ0v) is 17.4. The van der Waals surface area contributed by atoms with E-state index < -0.39 is 17.8 Å². The molecular weight excluding hydrogens is 396 g/mol. The van der Waals surface area contributed by atoms with Crippen LogP contribution in [0.5, 0.6) is 0 Å². The lowest BCUT2D eigenvalue weighted by molar-refractivity contribution is -0.115. The second-order valence-electron chi connectivity index (χ2n) is 5.91. The molecule has 0 bridgehead atoms. The number of ether oxygens (including phenoxy) is 2. The lowest BCUT2D eigenvalue weighted by Gasteiger charge is -2.06. The molecule has 2 rings (SSSR count). The molecule has 0 atom stereocenters. The van der Waals surface area contributed by atoms with Crippen molar-refractivity contribution in [3.8, 4) is 0 Å². The highest BCUT2D eigenvalue weighted by Gasteiger charge is 2.26. The third-order valence-electron chi connectivity index (χ3n) is 3.97. The van der Waals surface area contributed by atoms with E-state index in [2.05, 4.69) is 10.6 Å². The summed E-state index contributed by atoms with van der Waals surface area (Å²) < 4.78 is 9.70. The van der Waals surface area contributed by atoms with Gasteiger partial charge in [0.05, 0.1) is 29.7 Å². The minimum atomic E-state index is -0.636. The largest absolute Gasteiger partial charge is 0.465 e. The highest BCUT2D eigenvalue weighted by molar-refractivity contribution is 7.18. The Kier molecular flexibility index (Phi) is 7.49. The van der Waals surface area contributed by atoms with Crippen LogP contribution in [0.3, 0.4) is 0 Å². The average molecular weight is 418 g/mol. The van der Waals surface area contributed by atoms with Crippen molar-refractivity contribution >= 4 is 45.8 Å². The summed E-state index contributed by atoms with van der Waals surface area (Å²) in [7, 11) is 1.23. The van der Waals surface area contributed by atoms with E-state index in [0.29, 0.717) is 16.8 Å². The van der Waals surface area contributed by atoms with E-state index in [1.165, 1.54) is 7.11 Å². The monoisotopic (exact) mass is 418 g/mol. The number of carbonyl (C=O) groups excluding carboxylic acids is 4. The molecule has 1 heterocycles. The number of hydrogen-bond acceptors (Lipinski definition) is 7. The van der Waals surface area contributed by atoms with Gasteiger partial charge in [0.2, 0.25) is 5.91 Å². The molecular formula is C20H22N2O6S. The number of anilines is 2. The van der Waals surface area contributed by atoms with Crippen molar-refractivity contribution in [2.75, 3.05) is 24.4 Å². The van der Waals surface area contributed by atoms with Gasteiger partial charge in [-0.15, -0.1) is 11.3 Å². The Balaban J connectivity index is 2.27. The second-order valence-corrected chi connectivity index (χ2v) is 6.93. The van der Waals surface area contributed by atoms with Crippen LogP contribution in [-0.4, -0.2) is 37.5 Å². The molecule has 0 aliphatic rings. The summed E-state index contributed by atoms with van der Waals surface area (Å²) in [5.74, 6) is -1.81. The van der Waals surface area contributed by atoms with Gasteiger partial charge >= 0.3 is 11.9 Å². The summed E-state index contributed by atoms with van der Waals surface area (Å²) in [6.07, 6.45) is 0.228. The molecule has 9 heteroatoms. The predicted molar refractivity (Wildman–Crippen MR) is 110 cm³/mol. The van der Waals surface area contributed by atoms with Crippen LogP contribution in [-0.2, 0) is 14.3 Å². The Labute approximate surface area is 172 Å². The van der Waals surface area contributed by atoms with Crippen LogP contribution in [0, 0.1) is 6.92 Å². The summed E-state index contributed by atoms with van der Waals surface area (Å²) in [5.41, 5.74) is 1.40. The smallest absolute Gasteiger partial charge is 0.341 e. The van der Waals surface area contributed by atoms with E-state index in [-0.39, 0.29) is 34.4 Å². The van der Waals surface area contributed by atoms with Gasteiger partial charge in [0.25, 0.3) is 5.91 Å². The van der Waals surface area contributed by atoms with Crippen LogP contribution in [0.2, 0.25) is 0 Å². The molecule has 0 radical (unpaired) electrons. The number of carbonyl (C=O) groups is 4. The van der Waals surface area contributed by atoms with Crippen molar-refractivity contribution in [1.82, 2.24) is 0 Å². The quantitative estimate of drug-likeness (QED) is 0.665. The first-order valence-corrected chi connectivity index (χ1v) is 9.74. The van der Waals surface area contributed by atoms with Crippen LogP contribution < -0.4 is 10.6 Å². The number of esters is 2. The van der Waals surface area contributed by atoms with Crippen LogP contribution in [0.15, 0.2) is 24.3 Å². The standard InChI is InChI=1S/C20H22N2O6S/c1-5-14(23)22-18-15(20(26)27-4)11(3)16(29-18)17(24)21-13-9-7-12(8-10-13)19(25)28-6-2/h7-10H,5-6H2,1-4H3,(H,21,24)(H,22,23). The fourth-order valence-corrected chi connectivity index (χ4v) is 3.58. The first kappa shape index (κ1) is 22.1. The Morgan fingerprint density at radius 1 is 1.00 bits per heavy atom. The highest BCUT2D eigenvalue weighted by Crippen LogP contribution is 2.34. The van der Waals surface area contributed by atoms with Gasteiger partial charge < -0.3 is 20.1 Å². The number of methoxy groups -OCH3 is 1. The minimum absolute atomic E-state index is 0.155. The first-order chi connectivity index (χ1) is 13.8.